The van der Waals surface area contributed by atoms with Crippen LogP contribution in [0.25, 0.3) is 16.8 Å². The Labute approximate surface area is 252 Å². The molecule has 0 N–H and O–H groups in total. The number of thiazole rings is 1. The largest absolute Gasteiger partial charge is 0.493 e. The number of carbonyl (C=O) groups excluding carboxylic acids is 1. The molecule has 1 aromatic heterocycles. The summed E-state index contributed by atoms with van der Waals surface area (Å²) in [4.78, 5) is 32.1. The van der Waals surface area contributed by atoms with Gasteiger partial charge in [0.05, 0.1) is 35.6 Å². The Morgan fingerprint density at radius 2 is 1.74 bits per heavy atom. The van der Waals surface area contributed by atoms with Crippen molar-refractivity contribution >= 4 is 34.2 Å². The normalized spacial score (nSPS) is 14.8. The summed E-state index contributed by atoms with van der Waals surface area (Å²) in [6, 6.07) is 28.8. The molecule has 0 fully saturated rings. The molecule has 1 unspecified atom stereocenters. The van der Waals surface area contributed by atoms with Crippen molar-refractivity contribution in [3.8, 4) is 11.5 Å². The van der Waals surface area contributed by atoms with Crippen LogP contribution in [-0.4, -0.2) is 24.3 Å². The second-order valence-corrected chi connectivity index (χ2v) is 11.1. The summed E-state index contributed by atoms with van der Waals surface area (Å²) in [5, 5.41) is 2.30. The van der Waals surface area contributed by atoms with E-state index in [0.29, 0.717) is 38.7 Å². The Morgan fingerprint density at radius 1 is 0.977 bits per heavy atom. The number of nitrogens with zero attached hydrogens (tertiary/aromatic N) is 2. The number of fused-ring (bicyclic) bond motifs is 2. The summed E-state index contributed by atoms with van der Waals surface area (Å²) in [6.45, 7) is 4.15. The summed E-state index contributed by atoms with van der Waals surface area (Å²) in [7, 11) is 1.59. The van der Waals surface area contributed by atoms with E-state index < -0.39 is 12.0 Å². The maximum absolute atomic E-state index is 13.9. The first-order valence-electron chi connectivity index (χ1n) is 14.0. The number of methoxy groups -OCH3 is 1. The minimum Gasteiger partial charge on any atom is -0.493 e. The predicted octanol–water partition coefficient (Wildman–Crippen LogP) is 5.54. The lowest BCUT2D eigenvalue weighted by molar-refractivity contribution is -0.139. The summed E-state index contributed by atoms with van der Waals surface area (Å²) >= 11 is 1.28. The third-order valence-corrected chi connectivity index (χ3v) is 8.36. The SMILES string of the molecule is CCOC(=O)C1=C(C)N=c2sc(=Cc3ccc(OCc4cccc5ccccc45)c(OC)c3)c(=O)n2C1c1ccccc1. The zero-order chi connectivity index (χ0) is 29.9. The van der Waals surface area contributed by atoms with Crippen molar-refractivity contribution in [2.75, 3.05) is 13.7 Å². The topological polar surface area (TPSA) is 79.1 Å². The van der Waals surface area contributed by atoms with E-state index in [0.717, 1.165) is 27.5 Å². The number of carbonyl (C=O) groups is 1. The number of hydrogen-bond donors (Lipinski definition) is 0. The van der Waals surface area contributed by atoms with E-state index in [-0.39, 0.29) is 12.2 Å². The molecule has 0 amide bonds. The van der Waals surface area contributed by atoms with Gasteiger partial charge in [-0.05, 0) is 59.5 Å². The number of hydrogen-bond acceptors (Lipinski definition) is 7. The van der Waals surface area contributed by atoms with E-state index in [9.17, 15) is 9.59 Å². The van der Waals surface area contributed by atoms with Crippen molar-refractivity contribution < 1.29 is 19.0 Å². The number of rotatable bonds is 8. The zero-order valence-electron chi connectivity index (χ0n) is 24.1. The standard InChI is InChI=1S/C35H30N2O5S/c1-4-41-34(39)31-22(2)36-35-37(32(31)25-12-6-5-7-13-25)33(38)30(43-35)20-23-17-18-28(29(19-23)40-3)42-21-26-15-10-14-24-11-8-9-16-27(24)26/h5-20,32H,4,21H2,1-3H3. The molecule has 0 spiro atoms. The summed E-state index contributed by atoms with van der Waals surface area (Å²) in [5.41, 5.74) is 3.33. The van der Waals surface area contributed by atoms with E-state index in [1.807, 2.05) is 72.8 Å². The summed E-state index contributed by atoms with van der Waals surface area (Å²) < 4.78 is 19.3. The van der Waals surface area contributed by atoms with Crippen LogP contribution >= 0.6 is 11.3 Å². The lowest BCUT2D eigenvalue weighted by atomic mass is 9.96. The minimum absolute atomic E-state index is 0.227. The highest BCUT2D eigenvalue weighted by Gasteiger charge is 2.33. The molecule has 0 saturated heterocycles. The van der Waals surface area contributed by atoms with Gasteiger partial charge >= 0.3 is 5.97 Å². The number of aromatic nitrogens is 1. The van der Waals surface area contributed by atoms with Crippen LogP contribution in [-0.2, 0) is 16.1 Å². The molecule has 2 heterocycles. The molecule has 1 atom stereocenters. The Bertz CT molecular complexity index is 2040. The average Bonchev–Trinajstić information content (AvgIpc) is 3.33. The molecule has 1 aliphatic rings. The summed E-state index contributed by atoms with van der Waals surface area (Å²) in [6.07, 6.45) is 1.81. The molecule has 1 aliphatic heterocycles. The molecule has 4 aromatic carbocycles. The van der Waals surface area contributed by atoms with Crippen LogP contribution in [0.15, 0.2) is 112 Å². The van der Waals surface area contributed by atoms with Gasteiger partial charge in [0.15, 0.2) is 16.3 Å². The first-order valence-corrected chi connectivity index (χ1v) is 14.8. The number of esters is 1. The van der Waals surface area contributed by atoms with Gasteiger partial charge in [0.1, 0.15) is 6.61 Å². The van der Waals surface area contributed by atoms with Crippen molar-refractivity contribution in [2.45, 2.75) is 26.5 Å². The lowest BCUT2D eigenvalue weighted by Crippen LogP contribution is -2.39. The van der Waals surface area contributed by atoms with Gasteiger partial charge in [-0.2, -0.15) is 0 Å². The Hall–Kier alpha value is -4.95. The molecule has 0 aliphatic carbocycles. The molecule has 7 nitrogen and oxygen atoms in total. The Balaban J connectivity index is 1.36. The van der Waals surface area contributed by atoms with Crippen LogP contribution in [0.2, 0.25) is 0 Å². The molecule has 0 saturated carbocycles. The van der Waals surface area contributed by atoms with Gasteiger partial charge in [0, 0.05) is 0 Å². The molecule has 43 heavy (non-hydrogen) atoms. The van der Waals surface area contributed by atoms with Crippen LogP contribution < -0.4 is 24.4 Å². The van der Waals surface area contributed by atoms with Crippen molar-refractivity contribution in [2.24, 2.45) is 4.99 Å². The predicted molar refractivity (Wildman–Crippen MR) is 168 cm³/mol. The number of benzene rings is 4. The maximum Gasteiger partial charge on any atom is 0.338 e. The van der Waals surface area contributed by atoms with Crippen LogP contribution in [0.5, 0.6) is 11.5 Å². The highest BCUT2D eigenvalue weighted by molar-refractivity contribution is 7.07. The zero-order valence-corrected chi connectivity index (χ0v) is 24.9. The van der Waals surface area contributed by atoms with Crippen molar-refractivity contribution in [3.63, 3.8) is 0 Å². The van der Waals surface area contributed by atoms with Crippen molar-refractivity contribution in [1.29, 1.82) is 0 Å². The molecule has 8 heteroatoms. The van der Waals surface area contributed by atoms with Crippen LogP contribution in [0.3, 0.4) is 0 Å². The lowest BCUT2D eigenvalue weighted by Gasteiger charge is -2.24. The third kappa shape index (κ3) is 5.49. The molecular formula is C35H30N2O5S. The smallest absolute Gasteiger partial charge is 0.338 e. The van der Waals surface area contributed by atoms with E-state index in [1.54, 1.807) is 25.5 Å². The first-order chi connectivity index (χ1) is 21.0. The van der Waals surface area contributed by atoms with Crippen molar-refractivity contribution in [1.82, 2.24) is 4.57 Å². The Morgan fingerprint density at radius 3 is 2.53 bits per heavy atom. The van der Waals surface area contributed by atoms with Gasteiger partial charge in [0.2, 0.25) is 0 Å². The van der Waals surface area contributed by atoms with Crippen LogP contribution in [0, 0.1) is 0 Å². The third-order valence-electron chi connectivity index (χ3n) is 7.38. The fraction of sp³-hybridized carbons (Fsp3) is 0.171. The van der Waals surface area contributed by atoms with Gasteiger partial charge in [0.25, 0.3) is 5.56 Å². The Kier molecular flexibility index (Phi) is 7.94. The molecule has 0 radical (unpaired) electrons. The fourth-order valence-corrected chi connectivity index (χ4v) is 6.41. The molecule has 6 rings (SSSR count). The maximum atomic E-state index is 13.9. The highest BCUT2D eigenvalue weighted by atomic mass is 32.1. The highest BCUT2D eigenvalue weighted by Crippen LogP contribution is 2.32. The van der Waals surface area contributed by atoms with Gasteiger partial charge in [-0.25, -0.2) is 9.79 Å². The van der Waals surface area contributed by atoms with E-state index in [4.69, 9.17) is 14.2 Å². The average molecular weight is 591 g/mol. The number of ether oxygens (including phenoxy) is 3. The molecule has 5 aromatic rings. The quantitative estimate of drug-likeness (QED) is 0.222. The summed E-state index contributed by atoms with van der Waals surface area (Å²) in [5.74, 6) is 0.688. The first kappa shape index (κ1) is 28.2. The van der Waals surface area contributed by atoms with Gasteiger partial charge in [-0.3, -0.25) is 9.36 Å². The van der Waals surface area contributed by atoms with Gasteiger partial charge < -0.3 is 14.2 Å². The second kappa shape index (κ2) is 12.1. The second-order valence-electron chi connectivity index (χ2n) is 10.1. The molecular weight excluding hydrogens is 560 g/mol. The van der Waals surface area contributed by atoms with Crippen LogP contribution in [0.4, 0.5) is 0 Å². The minimum atomic E-state index is -0.641. The van der Waals surface area contributed by atoms with Crippen LogP contribution in [0.1, 0.15) is 36.6 Å². The number of allylic oxidation sites excluding steroid dienone is 1. The van der Waals surface area contributed by atoms with Gasteiger partial charge in [-0.15, -0.1) is 0 Å². The fourth-order valence-electron chi connectivity index (χ4n) is 5.36. The van der Waals surface area contributed by atoms with Crippen molar-refractivity contribution in [3.05, 3.63) is 139 Å². The molecule has 216 valence electrons. The van der Waals surface area contributed by atoms with E-state index in [2.05, 4.69) is 29.3 Å². The van der Waals surface area contributed by atoms with Gasteiger partial charge in [-0.1, -0.05) is 90.2 Å². The van der Waals surface area contributed by atoms with E-state index in [1.165, 1.54) is 11.3 Å². The monoisotopic (exact) mass is 590 g/mol. The van der Waals surface area contributed by atoms with E-state index >= 15 is 0 Å². The molecule has 0 bridgehead atoms.